The minimum atomic E-state index is -0.383. The molecular formula is C15H22N4O2. The normalized spacial score (nSPS) is 11.9. The summed E-state index contributed by atoms with van der Waals surface area (Å²) in [5.41, 5.74) is 7.78. The molecule has 0 aliphatic heterocycles. The number of rotatable bonds is 5. The number of carbonyl (C=O) groups excluding carboxylic acids is 1. The van der Waals surface area contributed by atoms with E-state index in [-0.39, 0.29) is 11.4 Å². The van der Waals surface area contributed by atoms with Gasteiger partial charge < -0.3 is 15.6 Å². The molecule has 21 heavy (non-hydrogen) atoms. The second kappa shape index (κ2) is 5.81. The van der Waals surface area contributed by atoms with Gasteiger partial charge >= 0.3 is 0 Å². The van der Waals surface area contributed by atoms with Crippen molar-refractivity contribution < 1.29 is 9.32 Å². The average molecular weight is 290 g/mol. The molecule has 0 fully saturated rings. The molecule has 2 rings (SSSR count). The van der Waals surface area contributed by atoms with Gasteiger partial charge in [0.15, 0.2) is 0 Å². The number of nitrogens with two attached hydrogens (primary N) is 1. The SMILES string of the molecule is CCC(CC)(CN)NC(=O)c1cc(C)nc2onc(C)c12. The molecule has 0 bridgehead atoms. The zero-order chi connectivity index (χ0) is 15.6. The number of hydrogen-bond donors (Lipinski definition) is 2. The van der Waals surface area contributed by atoms with Gasteiger partial charge in [-0.15, -0.1) is 0 Å². The highest BCUT2D eigenvalue weighted by Gasteiger charge is 2.28. The fraction of sp³-hybridized carbons (Fsp3) is 0.533. The van der Waals surface area contributed by atoms with Crippen LogP contribution >= 0.6 is 0 Å². The van der Waals surface area contributed by atoms with Crippen LogP contribution in [0.15, 0.2) is 10.6 Å². The van der Waals surface area contributed by atoms with E-state index >= 15 is 0 Å². The van der Waals surface area contributed by atoms with Crippen molar-refractivity contribution in [3.63, 3.8) is 0 Å². The number of fused-ring (bicyclic) bond motifs is 1. The van der Waals surface area contributed by atoms with Crippen molar-refractivity contribution in [3.05, 3.63) is 23.0 Å². The minimum Gasteiger partial charge on any atom is -0.345 e. The van der Waals surface area contributed by atoms with Crippen molar-refractivity contribution in [1.29, 1.82) is 0 Å². The van der Waals surface area contributed by atoms with Crippen molar-refractivity contribution in [2.24, 2.45) is 5.73 Å². The number of nitrogens with zero attached hydrogens (tertiary/aromatic N) is 2. The van der Waals surface area contributed by atoms with Crippen LogP contribution in [0.5, 0.6) is 0 Å². The van der Waals surface area contributed by atoms with Crippen molar-refractivity contribution in [1.82, 2.24) is 15.5 Å². The second-order valence-electron chi connectivity index (χ2n) is 5.41. The summed E-state index contributed by atoms with van der Waals surface area (Å²) in [5.74, 6) is -0.161. The zero-order valence-electron chi connectivity index (χ0n) is 13.0. The first-order valence-electron chi connectivity index (χ1n) is 7.22. The van der Waals surface area contributed by atoms with Crippen LogP contribution in [0.4, 0.5) is 0 Å². The van der Waals surface area contributed by atoms with Crippen LogP contribution in [0.3, 0.4) is 0 Å². The quantitative estimate of drug-likeness (QED) is 0.879. The smallest absolute Gasteiger partial charge is 0.258 e. The van der Waals surface area contributed by atoms with E-state index in [0.717, 1.165) is 18.5 Å². The number of carbonyl (C=O) groups is 1. The van der Waals surface area contributed by atoms with Crippen LogP contribution in [0, 0.1) is 13.8 Å². The number of nitrogens with one attached hydrogen (secondary N) is 1. The van der Waals surface area contributed by atoms with E-state index in [4.69, 9.17) is 10.3 Å². The summed E-state index contributed by atoms with van der Waals surface area (Å²) in [6.45, 7) is 8.07. The van der Waals surface area contributed by atoms with Gasteiger partial charge in [0.05, 0.1) is 22.2 Å². The molecule has 114 valence electrons. The van der Waals surface area contributed by atoms with Crippen LogP contribution < -0.4 is 11.1 Å². The summed E-state index contributed by atoms with van der Waals surface area (Å²) >= 11 is 0. The Balaban J connectivity index is 2.46. The standard InChI is InChI=1S/C15H22N4O2/c1-5-15(6-2,8-16)18-13(20)11-7-9(3)17-14-12(11)10(4)19-21-14/h7H,5-6,8,16H2,1-4H3,(H,18,20). The summed E-state index contributed by atoms with van der Waals surface area (Å²) in [6.07, 6.45) is 1.56. The summed E-state index contributed by atoms with van der Waals surface area (Å²) in [6, 6.07) is 1.76. The largest absolute Gasteiger partial charge is 0.345 e. The molecule has 0 radical (unpaired) electrons. The van der Waals surface area contributed by atoms with Gasteiger partial charge in [0.1, 0.15) is 0 Å². The lowest BCUT2D eigenvalue weighted by Gasteiger charge is -2.31. The van der Waals surface area contributed by atoms with Crippen molar-refractivity contribution in [3.8, 4) is 0 Å². The monoisotopic (exact) mass is 290 g/mol. The lowest BCUT2D eigenvalue weighted by molar-refractivity contribution is 0.0896. The zero-order valence-corrected chi connectivity index (χ0v) is 13.0. The first-order valence-corrected chi connectivity index (χ1v) is 7.22. The third-order valence-electron chi connectivity index (χ3n) is 4.11. The van der Waals surface area contributed by atoms with Gasteiger partial charge in [-0.1, -0.05) is 19.0 Å². The lowest BCUT2D eigenvalue weighted by Crippen LogP contribution is -2.52. The predicted octanol–water partition coefficient (Wildman–Crippen LogP) is 2.09. The van der Waals surface area contributed by atoms with Gasteiger partial charge in [-0.25, -0.2) is 4.98 Å². The maximum absolute atomic E-state index is 12.7. The summed E-state index contributed by atoms with van der Waals surface area (Å²) in [4.78, 5) is 17.0. The van der Waals surface area contributed by atoms with Gasteiger partial charge in [0, 0.05) is 12.2 Å². The number of pyridine rings is 1. The summed E-state index contributed by atoms with van der Waals surface area (Å²) in [7, 11) is 0. The third kappa shape index (κ3) is 2.76. The highest BCUT2D eigenvalue weighted by molar-refractivity contribution is 6.06. The number of amides is 1. The molecule has 0 aliphatic rings. The van der Waals surface area contributed by atoms with Gasteiger partial charge in [0.25, 0.3) is 11.6 Å². The molecule has 0 saturated carbocycles. The maximum atomic E-state index is 12.7. The molecular weight excluding hydrogens is 268 g/mol. The Bertz CT molecular complexity index is 651. The van der Waals surface area contributed by atoms with E-state index < -0.39 is 0 Å². The molecule has 3 N–H and O–H groups in total. The lowest BCUT2D eigenvalue weighted by atomic mass is 9.92. The van der Waals surface area contributed by atoms with E-state index in [9.17, 15) is 4.79 Å². The van der Waals surface area contributed by atoms with E-state index in [1.54, 1.807) is 13.0 Å². The van der Waals surface area contributed by atoms with E-state index in [2.05, 4.69) is 15.5 Å². The van der Waals surface area contributed by atoms with Gasteiger partial charge in [-0.3, -0.25) is 4.79 Å². The molecule has 6 heteroatoms. The predicted molar refractivity (Wildman–Crippen MR) is 81.1 cm³/mol. The summed E-state index contributed by atoms with van der Waals surface area (Å²) < 4.78 is 5.16. The topological polar surface area (TPSA) is 94.0 Å². The highest BCUT2D eigenvalue weighted by atomic mass is 16.5. The van der Waals surface area contributed by atoms with Gasteiger partial charge in [0.2, 0.25) is 0 Å². The average Bonchev–Trinajstić information content (AvgIpc) is 2.85. The van der Waals surface area contributed by atoms with Crippen molar-refractivity contribution in [2.75, 3.05) is 6.54 Å². The maximum Gasteiger partial charge on any atom is 0.258 e. The van der Waals surface area contributed by atoms with Crippen LogP contribution in [0.2, 0.25) is 0 Å². The molecule has 2 aromatic rings. The molecule has 0 atom stereocenters. The van der Waals surface area contributed by atoms with Crippen molar-refractivity contribution >= 4 is 17.0 Å². The molecule has 0 aromatic carbocycles. The van der Waals surface area contributed by atoms with E-state index in [0.29, 0.717) is 28.9 Å². The third-order valence-corrected chi connectivity index (χ3v) is 4.11. The van der Waals surface area contributed by atoms with Crippen LogP contribution in [0.25, 0.3) is 11.1 Å². The van der Waals surface area contributed by atoms with E-state index in [1.807, 2.05) is 20.8 Å². The Labute approximate surface area is 124 Å². The molecule has 2 heterocycles. The first-order chi connectivity index (χ1) is 9.96. The first kappa shape index (κ1) is 15.4. The minimum absolute atomic E-state index is 0.161. The van der Waals surface area contributed by atoms with Gasteiger partial charge in [-0.2, -0.15) is 0 Å². The number of aromatic nitrogens is 2. The van der Waals surface area contributed by atoms with E-state index in [1.165, 1.54) is 0 Å². The van der Waals surface area contributed by atoms with Crippen LogP contribution in [-0.4, -0.2) is 28.1 Å². The molecule has 0 unspecified atom stereocenters. The molecule has 6 nitrogen and oxygen atoms in total. The van der Waals surface area contributed by atoms with Crippen molar-refractivity contribution in [2.45, 2.75) is 46.1 Å². The fourth-order valence-corrected chi connectivity index (χ4v) is 2.47. The molecule has 0 spiro atoms. The summed E-state index contributed by atoms with van der Waals surface area (Å²) in [5, 5.41) is 7.63. The Morgan fingerprint density at radius 1 is 1.38 bits per heavy atom. The highest BCUT2D eigenvalue weighted by Crippen LogP contribution is 2.23. The molecule has 0 saturated heterocycles. The number of hydrogen-bond acceptors (Lipinski definition) is 5. The molecule has 2 aromatic heterocycles. The number of aryl methyl sites for hydroxylation is 2. The Hall–Kier alpha value is -1.95. The Kier molecular flexibility index (Phi) is 4.27. The van der Waals surface area contributed by atoms with Crippen LogP contribution in [0.1, 0.15) is 48.4 Å². The molecule has 1 amide bonds. The molecule has 0 aliphatic carbocycles. The fourth-order valence-electron chi connectivity index (χ4n) is 2.47. The second-order valence-corrected chi connectivity index (χ2v) is 5.41. The van der Waals surface area contributed by atoms with Crippen LogP contribution in [-0.2, 0) is 0 Å². The van der Waals surface area contributed by atoms with Gasteiger partial charge in [-0.05, 0) is 32.8 Å². The Morgan fingerprint density at radius 3 is 2.62 bits per heavy atom. The Morgan fingerprint density at radius 2 is 2.05 bits per heavy atom.